The molecule has 1 aromatic rings. The van der Waals surface area contributed by atoms with Crippen molar-refractivity contribution in [3.05, 3.63) is 34.9 Å². The van der Waals surface area contributed by atoms with Crippen molar-refractivity contribution < 1.29 is 14.3 Å². The second kappa shape index (κ2) is 4.24. The van der Waals surface area contributed by atoms with Crippen LogP contribution in [0, 0.1) is 5.92 Å². The molecular weight excluding hydrogens is 216 g/mol. The van der Waals surface area contributed by atoms with Gasteiger partial charge in [-0.3, -0.25) is 4.79 Å². The molecule has 3 nitrogen and oxygen atoms in total. The van der Waals surface area contributed by atoms with E-state index in [9.17, 15) is 4.79 Å². The molecule has 3 heteroatoms. The Bertz CT molecular complexity index is 453. The predicted octanol–water partition coefficient (Wildman–Crippen LogP) is 2.32. The maximum Gasteiger partial charge on any atom is 0.168 e. The summed E-state index contributed by atoms with van der Waals surface area (Å²) in [6.07, 6.45) is 0.889. The standard InChI is InChI=1S/C14H16O3/c1-9-13(4-5-17-9)14(15)10-2-3-11-7-16-8-12(11)6-10/h2-3,6,9,13H,4-5,7-8H2,1H3. The van der Waals surface area contributed by atoms with E-state index in [1.165, 1.54) is 5.56 Å². The minimum atomic E-state index is 0.0235. The maximum atomic E-state index is 12.3. The van der Waals surface area contributed by atoms with E-state index in [1.807, 2.05) is 25.1 Å². The second-order valence-corrected chi connectivity index (χ2v) is 4.81. The van der Waals surface area contributed by atoms with Gasteiger partial charge < -0.3 is 9.47 Å². The smallest absolute Gasteiger partial charge is 0.168 e. The Morgan fingerprint density at radius 1 is 1.29 bits per heavy atom. The van der Waals surface area contributed by atoms with Gasteiger partial charge in [-0.15, -0.1) is 0 Å². The Hall–Kier alpha value is -1.19. The number of Topliss-reactive ketones (excluding diaryl/α,β-unsaturated/α-hetero) is 1. The van der Waals surface area contributed by atoms with E-state index in [1.54, 1.807) is 0 Å². The highest BCUT2D eigenvalue weighted by Gasteiger charge is 2.31. The first-order chi connectivity index (χ1) is 8.25. The Balaban J connectivity index is 1.86. The molecule has 0 saturated carbocycles. The largest absolute Gasteiger partial charge is 0.378 e. The quantitative estimate of drug-likeness (QED) is 0.734. The third-order valence-corrected chi connectivity index (χ3v) is 3.72. The average molecular weight is 232 g/mol. The van der Waals surface area contributed by atoms with Crippen LogP contribution in [0.3, 0.4) is 0 Å². The first kappa shape index (κ1) is 10.9. The third kappa shape index (κ3) is 1.90. The number of carbonyl (C=O) groups is 1. The fraction of sp³-hybridized carbons (Fsp3) is 0.500. The first-order valence-electron chi connectivity index (χ1n) is 6.11. The molecule has 0 aliphatic carbocycles. The summed E-state index contributed by atoms with van der Waals surface area (Å²) in [4.78, 5) is 12.3. The normalized spacial score (nSPS) is 27.1. The van der Waals surface area contributed by atoms with Crippen LogP contribution >= 0.6 is 0 Å². The molecule has 3 rings (SSSR count). The van der Waals surface area contributed by atoms with E-state index < -0.39 is 0 Å². The van der Waals surface area contributed by atoms with Crippen LogP contribution in [0.1, 0.15) is 34.8 Å². The average Bonchev–Trinajstić information content (AvgIpc) is 2.95. The van der Waals surface area contributed by atoms with Gasteiger partial charge in [0, 0.05) is 12.2 Å². The number of ether oxygens (including phenoxy) is 2. The van der Waals surface area contributed by atoms with Gasteiger partial charge in [0.1, 0.15) is 0 Å². The van der Waals surface area contributed by atoms with Crippen LogP contribution in [-0.2, 0) is 22.7 Å². The van der Waals surface area contributed by atoms with E-state index in [0.717, 1.165) is 17.5 Å². The lowest BCUT2D eigenvalue weighted by Gasteiger charge is -2.13. The van der Waals surface area contributed by atoms with Crippen LogP contribution in [0.15, 0.2) is 18.2 Å². The molecule has 0 aromatic heterocycles. The van der Waals surface area contributed by atoms with E-state index in [0.29, 0.717) is 19.8 Å². The molecule has 0 radical (unpaired) electrons. The summed E-state index contributed by atoms with van der Waals surface area (Å²) in [5.41, 5.74) is 3.16. The van der Waals surface area contributed by atoms with Gasteiger partial charge in [0.25, 0.3) is 0 Å². The molecule has 0 amide bonds. The van der Waals surface area contributed by atoms with Gasteiger partial charge >= 0.3 is 0 Å². The molecule has 2 unspecified atom stereocenters. The molecule has 1 aromatic carbocycles. The topological polar surface area (TPSA) is 35.5 Å². The molecule has 0 bridgehead atoms. The lowest BCUT2D eigenvalue weighted by Crippen LogP contribution is -2.21. The molecule has 17 heavy (non-hydrogen) atoms. The highest BCUT2D eigenvalue weighted by Crippen LogP contribution is 2.27. The molecular formula is C14H16O3. The number of hydrogen-bond acceptors (Lipinski definition) is 3. The van der Waals surface area contributed by atoms with Crippen molar-refractivity contribution >= 4 is 5.78 Å². The molecule has 90 valence electrons. The highest BCUT2D eigenvalue weighted by atomic mass is 16.5. The molecule has 0 spiro atoms. The number of fused-ring (bicyclic) bond motifs is 1. The minimum Gasteiger partial charge on any atom is -0.378 e. The predicted molar refractivity (Wildman–Crippen MR) is 62.8 cm³/mol. The second-order valence-electron chi connectivity index (χ2n) is 4.81. The van der Waals surface area contributed by atoms with Gasteiger partial charge in [-0.1, -0.05) is 12.1 Å². The SMILES string of the molecule is CC1OCCC1C(=O)c1ccc2c(c1)COC2. The van der Waals surface area contributed by atoms with Crippen molar-refractivity contribution in [2.24, 2.45) is 5.92 Å². The Morgan fingerprint density at radius 2 is 2.12 bits per heavy atom. The molecule has 1 fully saturated rings. The highest BCUT2D eigenvalue weighted by molar-refractivity contribution is 5.98. The molecule has 2 atom stereocenters. The minimum absolute atomic E-state index is 0.0235. The van der Waals surface area contributed by atoms with E-state index >= 15 is 0 Å². The number of carbonyl (C=O) groups excluding carboxylic acids is 1. The molecule has 2 aliphatic rings. The monoisotopic (exact) mass is 232 g/mol. The van der Waals surface area contributed by atoms with Gasteiger partial charge in [-0.25, -0.2) is 0 Å². The van der Waals surface area contributed by atoms with Gasteiger partial charge in [0.05, 0.1) is 25.2 Å². The van der Waals surface area contributed by atoms with Crippen LogP contribution in [-0.4, -0.2) is 18.5 Å². The van der Waals surface area contributed by atoms with Crippen molar-refractivity contribution in [1.29, 1.82) is 0 Å². The molecule has 1 saturated heterocycles. The summed E-state index contributed by atoms with van der Waals surface area (Å²) < 4.78 is 10.8. The van der Waals surface area contributed by atoms with Crippen LogP contribution < -0.4 is 0 Å². The van der Waals surface area contributed by atoms with E-state index in [-0.39, 0.29) is 17.8 Å². The molecule has 0 N–H and O–H groups in total. The zero-order valence-electron chi connectivity index (χ0n) is 9.94. The van der Waals surface area contributed by atoms with Crippen LogP contribution in [0.5, 0.6) is 0 Å². The zero-order chi connectivity index (χ0) is 11.8. The lowest BCUT2D eigenvalue weighted by molar-refractivity contribution is 0.0764. The summed E-state index contributed by atoms with van der Waals surface area (Å²) >= 11 is 0. The number of hydrogen-bond donors (Lipinski definition) is 0. The fourth-order valence-electron chi connectivity index (χ4n) is 2.62. The Morgan fingerprint density at radius 3 is 2.88 bits per heavy atom. The van der Waals surface area contributed by atoms with Crippen molar-refractivity contribution in [3.63, 3.8) is 0 Å². The first-order valence-corrected chi connectivity index (χ1v) is 6.11. The number of benzene rings is 1. The van der Waals surface area contributed by atoms with Crippen LogP contribution in [0.4, 0.5) is 0 Å². The summed E-state index contributed by atoms with van der Waals surface area (Å²) in [5.74, 6) is 0.236. The Labute approximate surface area is 101 Å². The zero-order valence-corrected chi connectivity index (χ0v) is 9.94. The van der Waals surface area contributed by atoms with Crippen LogP contribution in [0.25, 0.3) is 0 Å². The Kier molecular flexibility index (Phi) is 2.73. The van der Waals surface area contributed by atoms with E-state index in [4.69, 9.17) is 9.47 Å². The van der Waals surface area contributed by atoms with Gasteiger partial charge in [0.15, 0.2) is 5.78 Å². The summed E-state index contributed by atoms with van der Waals surface area (Å²) in [7, 11) is 0. The molecule has 2 heterocycles. The number of ketones is 1. The van der Waals surface area contributed by atoms with E-state index in [2.05, 4.69) is 0 Å². The van der Waals surface area contributed by atoms with Crippen molar-refractivity contribution in [1.82, 2.24) is 0 Å². The summed E-state index contributed by atoms with van der Waals surface area (Å²) in [5, 5.41) is 0. The molecule has 2 aliphatic heterocycles. The number of rotatable bonds is 2. The van der Waals surface area contributed by atoms with Crippen molar-refractivity contribution in [2.45, 2.75) is 32.7 Å². The fourth-order valence-corrected chi connectivity index (χ4v) is 2.62. The van der Waals surface area contributed by atoms with Gasteiger partial charge in [-0.2, -0.15) is 0 Å². The maximum absolute atomic E-state index is 12.3. The van der Waals surface area contributed by atoms with Gasteiger partial charge in [-0.05, 0) is 30.5 Å². The summed E-state index contributed by atoms with van der Waals surface area (Å²) in [6.45, 7) is 3.98. The van der Waals surface area contributed by atoms with Gasteiger partial charge in [0.2, 0.25) is 0 Å². The lowest BCUT2D eigenvalue weighted by atomic mass is 9.91. The van der Waals surface area contributed by atoms with Crippen molar-refractivity contribution in [3.8, 4) is 0 Å². The van der Waals surface area contributed by atoms with Crippen LogP contribution in [0.2, 0.25) is 0 Å². The van der Waals surface area contributed by atoms with Crippen molar-refractivity contribution in [2.75, 3.05) is 6.61 Å². The third-order valence-electron chi connectivity index (χ3n) is 3.72. The summed E-state index contributed by atoms with van der Waals surface area (Å²) in [6, 6.07) is 5.91.